The van der Waals surface area contributed by atoms with E-state index in [1.807, 2.05) is 54.5 Å². The number of carbonyl (C=O) groups is 2. The van der Waals surface area contributed by atoms with E-state index < -0.39 is 17.1 Å². The molecular weight excluding hydrogens is 461 g/mol. The number of rotatable bonds is 4. The molecule has 0 aromatic heterocycles. The molecule has 1 aromatic rings. The van der Waals surface area contributed by atoms with Gasteiger partial charge in [0.15, 0.2) is 0 Å². The lowest BCUT2D eigenvalue weighted by Crippen LogP contribution is -2.44. The lowest BCUT2D eigenvalue weighted by atomic mass is 9.76. The normalized spacial score (nSPS) is 19.2. The Bertz CT molecular complexity index is 981. The molecule has 1 aromatic carbocycles. The second-order valence-electron chi connectivity index (χ2n) is 13.0. The molecule has 0 aliphatic carbocycles. The van der Waals surface area contributed by atoms with E-state index in [1.54, 1.807) is 4.90 Å². The van der Waals surface area contributed by atoms with Crippen molar-refractivity contribution >= 4 is 12.1 Å². The predicted molar refractivity (Wildman–Crippen MR) is 138 cm³/mol. The van der Waals surface area contributed by atoms with Crippen LogP contribution in [0.3, 0.4) is 0 Å². The number of hydrogen-bond donors (Lipinski definition) is 0. The third-order valence-corrected chi connectivity index (χ3v) is 6.75. The first-order chi connectivity index (χ1) is 16.5. The minimum absolute atomic E-state index is 0.0960. The molecule has 1 saturated heterocycles. The lowest BCUT2D eigenvalue weighted by molar-refractivity contribution is -0.158. The Hall–Kier alpha value is -2.31. The largest absolute Gasteiger partial charge is 0.493 e. The summed E-state index contributed by atoms with van der Waals surface area (Å²) in [5.41, 5.74) is 0.401. The molecule has 2 aliphatic rings. The van der Waals surface area contributed by atoms with Gasteiger partial charge in [-0.1, -0.05) is 20.8 Å². The fourth-order valence-electron chi connectivity index (χ4n) is 5.15. The monoisotopic (exact) mass is 505 g/mol. The molecular formula is C29H44FNO5. The van der Waals surface area contributed by atoms with Gasteiger partial charge in [0.05, 0.1) is 12.5 Å². The Kier molecular flexibility index (Phi) is 8.02. The van der Waals surface area contributed by atoms with Gasteiger partial charge in [0.1, 0.15) is 22.8 Å². The Morgan fingerprint density at radius 1 is 1.11 bits per heavy atom. The summed E-state index contributed by atoms with van der Waals surface area (Å²) in [6.45, 7) is 18.5. The summed E-state index contributed by atoms with van der Waals surface area (Å²) < 4.78 is 33.3. The maximum atomic E-state index is 15.9. The number of nitrogens with zero attached hydrogens (tertiary/aromatic N) is 1. The molecule has 1 atom stereocenters. The average Bonchev–Trinajstić information content (AvgIpc) is 2.72. The van der Waals surface area contributed by atoms with Crippen molar-refractivity contribution in [2.45, 2.75) is 105 Å². The summed E-state index contributed by atoms with van der Waals surface area (Å²) in [5, 5.41) is 0. The van der Waals surface area contributed by atoms with Crippen LogP contribution < -0.4 is 4.74 Å². The van der Waals surface area contributed by atoms with Gasteiger partial charge in [-0.3, -0.25) is 4.79 Å². The van der Waals surface area contributed by atoms with E-state index in [1.165, 1.54) is 0 Å². The third kappa shape index (κ3) is 6.71. The highest BCUT2D eigenvalue weighted by atomic mass is 19.1. The summed E-state index contributed by atoms with van der Waals surface area (Å²) in [4.78, 5) is 27.9. The maximum Gasteiger partial charge on any atom is 0.410 e. The highest BCUT2D eigenvalue weighted by Crippen LogP contribution is 2.44. The number of ether oxygens (including phenoxy) is 3. The number of likely N-dealkylation sites (tertiary alicyclic amines) is 1. The van der Waals surface area contributed by atoms with Gasteiger partial charge in [0.2, 0.25) is 0 Å². The van der Waals surface area contributed by atoms with E-state index in [0.29, 0.717) is 67.8 Å². The van der Waals surface area contributed by atoms with Gasteiger partial charge in [-0.25, -0.2) is 9.18 Å². The van der Waals surface area contributed by atoms with Crippen LogP contribution in [0.5, 0.6) is 5.75 Å². The topological polar surface area (TPSA) is 65.1 Å². The molecule has 202 valence electrons. The van der Waals surface area contributed by atoms with Crippen LogP contribution in [0.2, 0.25) is 0 Å². The standard InChI is InChI=1S/C29H44FNO5/c1-10-19-20(15-22-21(24(19)30)16-29(8,9)17-34-22)23(25(32)35-27(2,3)4)18-11-13-31(14-12-18)26(33)36-28(5,6)7/h15,18,23H,10-14,16-17H2,1-9H3. The molecule has 1 fully saturated rings. The van der Waals surface area contributed by atoms with Crippen molar-refractivity contribution in [1.29, 1.82) is 0 Å². The minimum atomic E-state index is -0.674. The Labute approximate surface area is 215 Å². The zero-order chi connectivity index (χ0) is 27.1. The highest BCUT2D eigenvalue weighted by Gasteiger charge is 2.40. The van der Waals surface area contributed by atoms with Gasteiger partial charge in [0.25, 0.3) is 0 Å². The van der Waals surface area contributed by atoms with Crippen molar-refractivity contribution < 1.29 is 28.2 Å². The Balaban J connectivity index is 1.96. The van der Waals surface area contributed by atoms with Crippen LogP contribution in [0.4, 0.5) is 9.18 Å². The van der Waals surface area contributed by atoms with E-state index in [-0.39, 0.29) is 29.2 Å². The molecule has 0 N–H and O–H groups in total. The third-order valence-electron chi connectivity index (χ3n) is 6.75. The number of amides is 1. The number of benzene rings is 1. The quantitative estimate of drug-likeness (QED) is 0.442. The first kappa shape index (κ1) is 28.3. The van der Waals surface area contributed by atoms with Gasteiger partial charge in [-0.15, -0.1) is 0 Å². The van der Waals surface area contributed by atoms with Crippen LogP contribution in [-0.2, 0) is 27.1 Å². The molecule has 0 bridgehead atoms. The van der Waals surface area contributed by atoms with E-state index in [9.17, 15) is 9.59 Å². The van der Waals surface area contributed by atoms with Crippen molar-refractivity contribution in [2.24, 2.45) is 11.3 Å². The molecule has 0 saturated carbocycles. The molecule has 1 unspecified atom stereocenters. The Morgan fingerprint density at radius 3 is 2.22 bits per heavy atom. The second kappa shape index (κ2) is 10.2. The molecule has 7 heteroatoms. The summed E-state index contributed by atoms with van der Waals surface area (Å²) in [7, 11) is 0. The van der Waals surface area contributed by atoms with Gasteiger partial charge < -0.3 is 19.1 Å². The first-order valence-corrected chi connectivity index (χ1v) is 13.2. The molecule has 0 spiro atoms. The SMILES string of the molecule is CCc1c(C(C(=O)OC(C)(C)C)C2CCN(C(=O)OC(C)(C)C)CC2)cc2c(c1F)CC(C)(C)CO2. The smallest absolute Gasteiger partial charge is 0.410 e. The number of carbonyl (C=O) groups excluding carboxylic acids is 2. The minimum Gasteiger partial charge on any atom is -0.493 e. The van der Waals surface area contributed by atoms with Crippen LogP contribution in [-0.4, -0.2) is 47.9 Å². The van der Waals surface area contributed by atoms with E-state index in [0.717, 1.165) is 0 Å². The zero-order valence-electron chi connectivity index (χ0n) is 23.5. The van der Waals surface area contributed by atoms with Crippen molar-refractivity contribution in [3.63, 3.8) is 0 Å². The molecule has 3 rings (SSSR count). The number of esters is 1. The summed E-state index contributed by atoms with van der Waals surface area (Å²) in [5.74, 6) is -0.834. The van der Waals surface area contributed by atoms with Crippen LogP contribution in [0, 0.1) is 17.2 Å². The van der Waals surface area contributed by atoms with Crippen molar-refractivity contribution in [1.82, 2.24) is 4.90 Å². The lowest BCUT2D eigenvalue weighted by Gasteiger charge is -2.38. The molecule has 2 heterocycles. The number of halogens is 1. The Morgan fingerprint density at radius 2 is 1.69 bits per heavy atom. The maximum absolute atomic E-state index is 15.9. The molecule has 2 aliphatic heterocycles. The number of piperidine rings is 1. The van der Waals surface area contributed by atoms with Gasteiger partial charge >= 0.3 is 12.1 Å². The van der Waals surface area contributed by atoms with Crippen molar-refractivity contribution in [3.05, 3.63) is 28.6 Å². The van der Waals surface area contributed by atoms with E-state index in [2.05, 4.69) is 13.8 Å². The molecule has 1 amide bonds. The average molecular weight is 506 g/mol. The summed E-state index contributed by atoms with van der Waals surface area (Å²) in [6, 6.07) is 1.88. The predicted octanol–water partition coefficient (Wildman–Crippen LogP) is 6.42. The molecule has 36 heavy (non-hydrogen) atoms. The molecule has 0 radical (unpaired) electrons. The summed E-state index contributed by atoms with van der Waals surface area (Å²) in [6.07, 6.45) is 1.90. The van der Waals surface area contributed by atoms with Crippen LogP contribution in [0.25, 0.3) is 0 Å². The first-order valence-electron chi connectivity index (χ1n) is 13.2. The van der Waals surface area contributed by atoms with Crippen LogP contribution in [0.1, 0.15) is 97.8 Å². The van der Waals surface area contributed by atoms with Crippen LogP contribution >= 0.6 is 0 Å². The van der Waals surface area contributed by atoms with Crippen LogP contribution in [0.15, 0.2) is 6.07 Å². The van der Waals surface area contributed by atoms with Crippen molar-refractivity contribution in [2.75, 3.05) is 19.7 Å². The fraction of sp³-hybridized carbons (Fsp3) is 0.724. The zero-order valence-corrected chi connectivity index (χ0v) is 23.5. The van der Waals surface area contributed by atoms with E-state index in [4.69, 9.17) is 14.2 Å². The summed E-state index contributed by atoms with van der Waals surface area (Å²) >= 11 is 0. The highest BCUT2D eigenvalue weighted by molar-refractivity contribution is 5.80. The fourth-order valence-corrected chi connectivity index (χ4v) is 5.15. The van der Waals surface area contributed by atoms with Gasteiger partial charge in [-0.2, -0.15) is 0 Å². The second-order valence-corrected chi connectivity index (χ2v) is 13.0. The van der Waals surface area contributed by atoms with Gasteiger partial charge in [-0.05, 0) is 90.3 Å². The van der Waals surface area contributed by atoms with Crippen molar-refractivity contribution in [3.8, 4) is 5.75 Å². The van der Waals surface area contributed by atoms with Gasteiger partial charge in [0, 0.05) is 24.1 Å². The van der Waals surface area contributed by atoms with E-state index >= 15 is 4.39 Å². The number of hydrogen-bond acceptors (Lipinski definition) is 5. The molecule has 6 nitrogen and oxygen atoms in total. The number of fused-ring (bicyclic) bond motifs is 1.